The van der Waals surface area contributed by atoms with E-state index in [1.165, 1.54) is 40.4 Å². The zero-order chi connectivity index (χ0) is 16.9. The molecule has 0 aliphatic rings. The second-order valence-electron chi connectivity index (χ2n) is 4.74. The Morgan fingerprint density at radius 3 is 2.54 bits per heavy atom. The van der Waals surface area contributed by atoms with Gasteiger partial charge in [-0.2, -0.15) is 0 Å². The number of carbonyl (C=O) groups excluding carboxylic acids is 1. The lowest BCUT2D eigenvalue weighted by Gasteiger charge is -1.95. The third kappa shape index (κ3) is 4.56. The van der Waals surface area contributed by atoms with Crippen LogP contribution in [-0.2, 0) is 10.5 Å². The fraction of sp³-hybridized carbons (Fsp3) is 0.214. The summed E-state index contributed by atoms with van der Waals surface area (Å²) in [6, 6.07) is 7.90. The van der Waals surface area contributed by atoms with Crippen molar-refractivity contribution >= 4 is 40.8 Å². The quantitative estimate of drug-likeness (QED) is 0.624. The van der Waals surface area contributed by atoms with Crippen LogP contribution >= 0.6 is 34.9 Å². The van der Waals surface area contributed by atoms with E-state index in [4.69, 9.17) is 10.2 Å². The van der Waals surface area contributed by atoms with Gasteiger partial charge in [0, 0.05) is 5.56 Å². The van der Waals surface area contributed by atoms with Gasteiger partial charge in [0.25, 0.3) is 0 Å². The molecule has 0 fully saturated rings. The highest BCUT2D eigenvalue weighted by atomic mass is 32.2. The number of benzene rings is 1. The first-order chi connectivity index (χ1) is 11.6. The fourth-order valence-corrected chi connectivity index (χ4v) is 4.29. The van der Waals surface area contributed by atoms with Gasteiger partial charge in [0.05, 0.1) is 11.5 Å². The first-order valence-electron chi connectivity index (χ1n) is 6.87. The fourth-order valence-electron chi connectivity index (χ4n) is 1.69. The Morgan fingerprint density at radius 2 is 1.83 bits per heavy atom. The van der Waals surface area contributed by atoms with Crippen molar-refractivity contribution in [3.63, 3.8) is 0 Å². The zero-order valence-corrected chi connectivity index (χ0v) is 15.1. The lowest BCUT2D eigenvalue weighted by molar-refractivity contribution is -0.115. The maximum absolute atomic E-state index is 10.8. The second kappa shape index (κ2) is 7.77. The predicted molar refractivity (Wildman–Crippen MR) is 93.9 cm³/mol. The van der Waals surface area contributed by atoms with Crippen molar-refractivity contribution in [2.24, 2.45) is 5.73 Å². The number of carbonyl (C=O) groups is 1. The largest absolute Gasteiger partial charge is 0.420 e. The minimum absolute atomic E-state index is 0.197. The standard InChI is InChI=1S/C14H13N5O2S3/c1-8-2-4-9(5-3-8)12-17-16-11(21-12)7-23-14-19-18-13(24-14)22-6-10(15)20/h2-5H,6-7H2,1H3,(H2,15,20). The van der Waals surface area contributed by atoms with Crippen molar-refractivity contribution in [3.05, 3.63) is 35.7 Å². The molecule has 2 heterocycles. The summed E-state index contributed by atoms with van der Waals surface area (Å²) < 4.78 is 7.15. The molecule has 0 atom stereocenters. The van der Waals surface area contributed by atoms with Gasteiger partial charge in [-0.3, -0.25) is 4.79 Å². The third-order valence-electron chi connectivity index (χ3n) is 2.81. The van der Waals surface area contributed by atoms with E-state index in [0.29, 0.717) is 21.9 Å². The normalized spacial score (nSPS) is 10.9. The molecule has 0 aliphatic heterocycles. The maximum atomic E-state index is 10.8. The molecular formula is C14H13N5O2S3. The molecule has 0 unspecified atom stereocenters. The van der Waals surface area contributed by atoms with Crippen LogP contribution in [0.5, 0.6) is 0 Å². The number of amides is 1. The molecule has 24 heavy (non-hydrogen) atoms. The molecule has 124 valence electrons. The lowest BCUT2D eigenvalue weighted by Crippen LogP contribution is -2.12. The Morgan fingerprint density at radius 1 is 1.12 bits per heavy atom. The molecule has 1 aromatic carbocycles. The van der Waals surface area contributed by atoms with Gasteiger partial charge in [0.2, 0.25) is 17.7 Å². The summed E-state index contributed by atoms with van der Waals surface area (Å²) in [5.41, 5.74) is 7.17. The van der Waals surface area contributed by atoms with Crippen molar-refractivity contribution in [1.82, 2.24) is 20.4 Å². The van der Waals surface area contributed by atoms with Gasteiger partial charge in [0.1, 0.15) is 0 Å². The van der Waals surface area contributed by atoms with Crippen LogP contribution in [-0.4, -0.2) is 32.1 Å². The van der Waals surface area contributed by atoms with Gasteiger partial charge in [-0.05, 0) is 19.1 Å². The van der Waals surface area contributed by atoms with E-state index >= 15 is 0 Å². The van der Waals surface area contributed by atoms with Crippen LogP contribution in [0.4, 0.5) is 0 Å². The molecule has 0 aliphatic carbocycles. The molecule has 0 radical (unpaired) electrons. The van der Waals surface area contributed by atoms with Crippen LogP contribution in [0.15, 0.2) is 37.4 Å². The first-order valence-corrected chi connectivity index (χ1v) is 9.66. The lowest BCUT2D eigenvalue weighted by atomic mass is 10.1. The molecule has 7 nitrogen and oxygen atoms in total. The minimum Gasteiger partial charge on any atom is -0.420 e. The average Bonchev–Trinajstić information content (AvgIpc) is 3.21. The van der Waals surface area contributed by atoms with Gasteiger partial charge < -0.3 is 10.2 Å². The van der Waals surface area contributed by atoms with Gasteiger partial charge in [0.15, 0.2) is 8.68 Å². The number of aryl methyl sites for hydroxylation is 1. The average molecular weight is 379 g/mol. The number of hydrogen-bond donors (Lipinski definition) is 1. The van der Waals surface area contributed by atoms with E-state index in [9.17, 15) is 4.79 Å². The van der Waals surface area contributed by atoms with Crippen LogP contribution in [0.25, 0.3) is 11.5 Å². The number of nitrogens with two attached hydrogens (primary N) is 1. The van der Waals surface area contributed by atoms with Crippen LogP contribution in [0.1, 0.15) is 11.5 Å². The summed E-state index contributed by atoms with van der Waals surface area (Å²) in [5.74, 6) is 1.35. The smallest absolute Gasteiger partial charge is 0.247 e. The Hall–Kier alpha value is -1.91. The van der Waals surface area contributed by atoms with Crippen molar-refractivity contribution in [2.45, 2.75) is 21.4 Å². The number of aromatic nitrogens is 4. The molecule has 0 saturated carbocycles. The van der Waals surface area contributed by atoms with Crippen LogP contribution in [0.2, 0.25) is 0 Å². The molecule has 3 aromatic rings. The van der Waals surface area contributed by atoms with E-state index in [2.05, 4.69) is 20.4 Å². The highest BCUT2D eigenvalue weighted by molar-refractivity contribution is 8.03. The summed E-state index contributed by atoms with van der Waals surface area (Å²) in [5, 5.41) is 16.2. The van der Waals surface area contributed by atoms with Gasteiger partial charge >= 0.3 is 0 Å². The van der Waals surface area contributed by atoms with E-state index in [1.54, 1.807) is 0 Å². The van der Waals surface area contributed by atoms with Crippen LogP contribution < -0.4 is 5.73 Å². The van der Waals surface area contributed by atoms with Gasteiger partial charge in [-0.1, -0.05) is 52.6 Å². The van der Waals surface area contributed by atoms with Crippen LogP contribution in [0.3, 0.4) is 0 Å². The molecule has 3 rings (SSSR count). The van der Waals surface area contributed by atoms with E-state index in [1.807, 2.05) is 31.2 Å². The van der Waals surface area contributed by atoms with Crippen molar-refractivity contribution < 1.29 is 9.21 Å². The van der Waals surface area contributed by atoms with Gasteiger partial charge in [-0.25, -0.2) is 0 Å². The number of hydrogen-bond acceptors (Lipinski definition) is 9. The topological polar surface area (TPSA) is 108 Å². The second-order valence-corrected chi connectivity index (χ2v) is 8.17. The SMILES string of the molecule is Cc1ccc(-c2nnc(CSc3nnc(SCC(N)=O)s3)o2)cc1. The number of nitrogens with zero attached hydrogens (tertiary/aromatic N) is 4. The Bertz CT molecular complexity index is 831. The molecular weight excluding hydrogens is 366 g/mol. The molecule has 0 bridgehead atoms. The Labute approximate surface area is 150 Å². The summed E-state index contributed by atoms with van der Waals surface area (Å²) in [6.07, 6.45) is 0. The minimum atomic E-state index is -0.376. The molecule has 0 saturated heterocycles. The summed E-state index contributed by atoms with van der Waals surface area (Å²) in [4.78, 5) is 10.8. The van der Waals surface area contributed by atoms with Crippen molar-refractivity contribution in [1.29, 1.82) is 0 Å². The highest BCUT2D eigenvalue weighted by Gasteiger charge is 2.11. The summed E-state index contributed by atoms with van der Waals surface area (Å²) in [7, 11) is 0. The molecule has 2 aromatic heterocycles. The van der Waals surface area contributed by atoms with Crippen molar-refractivity contribution in [3.8, 4) is 11.5 Å². The number of rotatable bonds is 7. The molecule has 2 N–H and O–H groups in total. The van der Waals surface area contributed by atoms with E-state index < -0.39 is 0 Å². The third-order valence-corrected chi connectivity index (χ3v) is 6.01. The van der Waals surface area contributed by atoms with Crippen molar-refractivity contribution in [2.75, 3.05) is 5.75 Å². The zero-order valence-electron chi connectivity index (χ0n) is 12.6. The highest BCUT2D eigenvalue weighted by Crippen LogP contribution is 2.30. The first kappa shape index (κ1) is 16.9. The van der Waals surface area contributed by atoms with E-state index in [0.717, 1.165) is 9.90 Å². The Kier molecular flexibility index (Phi) is 5.48. The maximum Gasteiger partial charge on any atom is 0.247 e. The molecule has 0 spiro atoms. The summed E-state index contributed by atoms with van der Waals surface area (Å²) in [6.45, 7) is 2.03. The monoisotopic (exact) mass is 379 g/mol. The van der Waals surface area contributed by atoms with E-state index in [-0.39, 0.29) is 11.7 Å². The molecule has 10 heteroatoms. The predicted octanol–water partition coefficient (Wildman–Crippen LogP) is 2.77. The van der Waals surface area contributed by atoms with Gasteiger partial charge in [-0.15, -0.1) is 20.4 Å². The molecule has 1 amide bonds. The number of primary amides is 1. The summed E-state index contributed by atoms with van der Waals surface area (Å²) >= 11 is 4.14. The Balaban J connectivity index is 1.57. The van der Waals surface area contributed by atoms with Crippen LogP contribution in [0, 0.1) is 6.92 Å². The number of thioether (sulfide) groups is 2.